The molecule has 1 unspecified atom stereocenters. The standard InChI is InChI=1S/C25H34N4O2/c1-3-29(21-9-5-4-6-10-21)25(30)20-8-7-17-28(18-20)24-16-15-23(26-27-24)19-11-13-22(31-2)14-12-19/h11-16,20-21H,3-10,17-18H2,1-2H3. The van der Waals surface area contributed by atoms with Crippen LogP contribution in [-0.4, -0.2) is 53.8 Å². The summed E-state index contributed by atoms with van der Waals surface area (Å²) < 4.78 is 5.22. The van der Waals surface area contributed by atoms with Gasteiger partial charge in [-0.3, -0.25) is 4.79 Å². The van der Waals surface area contributed by atoms with Crippen molar-refractivity contribution >= 4 is 11.7 Å². The lowest BCUT2D eigenvalue weighted by Gasteiger charge is -2.39. The average molecular weight is 423 g/mol. The topological polar surface area (TPSA) is 58.6 Å². The van der Waals surface area contributed by atoms with Crippen molar-refractivity contribution in [2.45, 2.75) is 57.9 Å². The molecule has 1 aromatic carbocycles. The number of nitrogens with zero attached hydrogens (tertiary/aromatic N) is 4. The molecule has 1 aliphatic heterocycles. The lowest BCUT2D eigenvalue weighted by molar-refractivity contribution is -0.138. The highest BCUT2D eigenvalue weighted by Gasteiger charge is 2.33. The molecule has 2 aromatic rings. The highest BCUT2D eigenvalue weighted by atomic mass is 16.5. The summed E-state index contributed by atoms with van der Waals surface area (Å²) >= 11 is 0. The molecule has 6 heteroatoms. The molecule has 0 N–H and O–H groups in total. The van der Waals surface area contributed by atoms with Crippen molar-refractivity contribution in [1.29, 1.82) is 0 Å². The molecule has 0 bridgehead atoms. The minimum Gasteiger partial charge on any atom is -0.497 e. The lowest BCUT2D eigenvalue weighted by Crippen LogP contribution is -2.49. The number of carbonyl (C=O) groups is 1. The Bertz CT molecular complexity index is 847. The first kappa shape index (κ1) is 21.6. The molecule has 1 amide bonds. The fraction of sp³-hybridized carbons (Fsp3) is 0.560. The summed E-state index contributed by atoms with van der Waals surface area (Å²) in [6.07, 6.45) is 8.12. The van der Waals surface area contributed by atoms with E-state index in [0.29, 0.717) is 11.9 Å². The Morgan fingerprint density at radius 3 is 2.45 bits per heavy atom. The summed E-state index contributed by atoms with van der Waals surface area (Å²) in [4.78, 5) is 17.7. The van der Waals surface area contributed by atoms with Crippen LogP contribution in [0.4, 0.5) is 5.82 Å². The molecule has 1 saturated heterocycles. The van der Waals surface area contributed by atoms with Gasteiger partial charge < -0.3 is 14.5 Å². The summed E-state index contributed by atoms with van der Waals surface area (Å²) in [6.45, 7) is 4.60. The van der Waals surface area contributed by atoms with Gasteiger partial charge in [-0.05, 0) is 69.0 Å². The van der Waals surface area contributed by atoms with Crippen LogP contribution in [0.3, 0.4) is 0 Å². The van der Waals surface area contributed by atoms with Crippen LogP contribution in [0.1, 0.15) is 51.9 Å². The second-order valence-corrected chi connectivity index (χ2v) is 8.71. The van der Waals surface area contributed by atoms with Crippen LogP contribution in [0.2, 0.25) is 0 Å². The van der Waals surface area contributed by atoms with E-state index in [1.54, 1.807) is 7.11 Å². The van der Waals surface area contributed by atoms with Gasteiger partial charge in [0, 0.05) is 31.2 Å². The highest BCUT2D eigenvalue weighted by molar-refractivity contribution is 5.80. The van der Waals surface area contributed by atoms with Crippen molar-refractivity contribution in [3.63, 3.8) is 0 Å². The zero-order chi connectivity index (χ0) is 21.6. The summed E-state index contributed by atoms with van der Waals surface area (Å²) in [5.41, 5.74) is 1.85. The second-order valence-electron chi connectivity index (χ2n) is 8.71. The number of hydrogen-bond acceptors (Lipinski definition) is 5. The van der Waals surface area contributed by atoms with Gasteiger partial charge in [-0.1, -0.05) is 19.3 Å². The fourth-order valence-electron chi connectivity index (χ4n) is 5.02. The van der Waals surface area contributed by atoms with E-state index in [-0.39, 0.29) is 5.92 Å². The molecule has 31 heavy (non-hydrogen) atoms. The normalized spacial score (nSPS) is 19.8. The molecule has 0 radical (unpaired) electrons. The van der Waals surface area contributed by atoms with Crippen LogP contribution < -0.4 is 9.64 Å². The van der Waals surface area contributed by atoms with E-state index in [2.05, 4.69) is 26.9 Å². The number of methoxy groups -OCH3 is 1. The molecule has 2 fully saturated rings. The van der Waals surface area contributed by atoms with E-state index in [1.807, 2.05) is 36.4 Å². The maximum absolute atomic E-state index is 13.3. The van der Waals surface area contributed by atoms with Gasteiger partial charge in [0.25, 0.3) is 0 Å². The Morgan fingerprint density at radius 1 is 1.03 bits per heavy atom. The summed E-state index contributed by atoms with van der Waals surface area (Å²) in [6, 6.07) is 12.3. The molecule has 1 aliphatic carbocycles. The van der Waals surface area contributed by atoms with E-state index in [1.165, 1.54) is 19.3 Å². The number of carbonyl (C=O) groups excluding carboxylic acids is 1. The van der Waals surface area contributed by atoms with E-state index in [0.717, 1.165) is 68.1 Å². The van der Waals surface area contributed by atoms with Crippen molar-refractivity contribution in [3.05, 3.63) is 36.4 Å². The molecule has 2 heterocycles. The number of piperidine rings is 1. The van der Waals surface area contributed by atoms with Gasteiger partial charge in [0.1, 0.15) is 5.75 Å². The monoisotopic (exact) mass is 422 g/mol. The Morgan fingerprint density at radius 2 is 1.81 bits per heavy atom. The number of anilines is 1. The zero-order valence-corrected chi connectivity index (χ0v) is 18.8. The van der Waals surface area contributed by atoms with Crippen molar-refractivity contribution in [1.82, 2.24) is 15.1 Å². The highest BCUT2D eigenvalue weighted by Crippen LogP contribution is 2.28. The van der Waals surface area contributed by atoms with Crippen LogP contribution in [0.25, 0.3) is 11.3 Å². The lowest BCUT2D eigenvalue weighted by atomic mass is 9.91. The Balaban J connectivity index is 1.42. The first-order valence-electron chi connectivity index (χ1n) is 11.7. The van der Waals surface area contributed by atoms with Crippen LogP contribution >= 0.6 is 0 Å². The summed E-state index contributed by atoms with van der Waals surface area (Å²) in [7, 11) is 1.66. The van der Waals surface area contributed by atoms with Gasteiger partial charge in [0.2, 0.25) is 5.91 Å². The Labute approximate surface area is 185 Å². The van der Waals surface area contributed by atoms with Gasteiger partial charge in [0.05, 0.1) is 18.7 Å². The summed E-state index contributed by atoms with van der Waals surface area (Å²) in [5.74, 6) is 2.07. The van der Waals surface area contributed by atoms with Gasteiger partial charge in [-0.15, -0.1) is 10.2 Å². The predicted molar refractivity (Wildman–Crippen MR) is 123 cm³/mol. The number of rotatable bonds is 6. The first-order valence-corrected chi connectivity index (χ1v) is 11.7. The summed E-state index contributed by atoms with van der Waals surface area (Å²) in [5, 5.41) is 8.94. The maximum atomic E-state index is 13.3. The van der Waals surface area contributed by atoms with Gasteiger partial charge in [-0.25, -0.2) is 0 Å². The molecule has 4 rings (SSSR count). The molecule has 166 valence electrons. The Kier molecular flexibility index (Phi) is 7.05. The van der Waals surface area contributed by atoms with E-state index < -0.39 is 0 Å². The molecule has 2 aliphatic rings. The molecular weight excluding hydrogens is 388 g/mol. The smallest absolute Gasteiger partial charge is 0.227 e. The molecule has 1 aromatic heterocycles. The van der Waals surface area contributed by atoms with Crippen molar-refractivity contribution in [2.75, 3.05) is 31.6 Å². The van der Waals surface area contributed by atoms with E-state index in [4.69, 9.17) is 4.74 Å². The van der Waals surface area contributed by atoms with Gasteiger partial charge in [0.15, 0.2) is 5.82 Å². The number of hydrogen-bond donors (Lipinski definition) is 0. The largest absolute Gasteiger partial charge is 0.497 e. The van der Waals surface area contributed by atoms with Crippen LogP contribution in [0, 0.1) is 5.92 Å². The van der Waals surface area contributed by atoms with Gasteiger partial charge >= 0.3 is 0 Å². The third kappa shape index (κ3) is 5.00. The number of amides is 1. The zero-order valence-electron chi connectivity index (χ0n) is 18.8. The molecule has 1 saturated carbocycles. The van der Waals surface area contributed by atoms with Crippen molar-refractivity contribution in [2.24, 2.45) is 5.92 Å². The predicted octanol–water partition coefficient (Wildman–Crippen LogP) is 4.55. The average Bonchev–Trinajstić information content (AvgIpc) is 2.85. The molecule has 6 nitrogen and oxygen atoms in total. The second kappa shape index (κ2) is 10.1. The maximum Gasteiger partial charge on any atom is 0.227 e. The third-order valence-electron chi connectivity index (χ3n) is 6.77. The van der Waals surface area contributed by atoms with E-state index in [9.17, 15) is 4.79 Å². The minimum atomic E-state index is 0.0543. The number of aromatic nitrogens is 2. The SMILES string of the molecule is CCN(C(=O)C1CCCN(c2ccc(-c3ccc(OC)cc3)nn2)C1)C1CCCCC1. The van der Waals surface area contributed by atoms with Crippen molar-refractivity contribution < 1.29 is 9.53 Å². The quantitative estimate of drug-likeness (QED) is 0.684. The van der Waals surface area contributed by atoms with Crippen LogP contribution in [-0.2, 0) is 4.79 Å². The molecule has 0 spiro atoms. The van der Waals surface area contributed by atoms with Crippen LogP contribution in [0.15, 0.2) is 36.4 Å². The van der Waals surface area contributed by atoms with Crippen molar-refractivity contribution in [3.8, 4) is 17.0 Å². The minimum absolute atomic E-state index is 0.0543. The third-order valence-corrected chi connectivity index (χ3v) is 6.77. The molecular formula is C25H34N4O2. The fourth-order valence-corrected chi connectivity index (χ4v) is 5.02. The van der Waals surface area contributed by atoms with E-state index >= 15 is 0 Å². The van der Waals surface area contributed by atoms with Crippen LogP contribution in [0.5, 0.6) is 5.75 Å². The Hall–Kier alpha value is -2.63. The first-order chi connectivity index (χ1) is 15.2. The number of ether oxygens (including phenoxy) is 1. The molecule has 1 atom stereocenters. The number of benzene rings is 1. The van der Waals surface area contributed by atoms with Gasteiger partial charge in [-0.2, -0.15) is 0 Å².